The summed E-state index contributed by atoms with van der Waals surface area (Å²) in [6.07, 6.45) is 0. The Morgan fingerprint density at radius 3 is 3.04 bits per heavy atom. The van der Waals surface area contributed by atoms with Crippen molar-refractivity contribution in [1.29, 1.82) is 0 Å². The van der Waals surface area contributed by atoms with Crippen molar-refractivity contribution in [2.45, 2.75) is 11.7 Å². The summed E-state index contributed by atoms with van der Waals surface area (Å²) in [5.74, 6) is 1.11. The first-order chi connectivity index (χ1) is 11.7. The molecule has 1 amide bonds. The van der Waals surface area contributed by atoms with Gasteiger partial charge in [-0.05, 0) is 23.6 Å². The lowest BCUT2D eigenvalue weighted by molar-refractivity contribution is -0.127. The van der Waals surface area contributed by atoms with Gasteiger partial charge >= 0.3 is 0 Å². The van der Waals surface area contributed by atoms with Crippen molar-refractivity contribution >= 4 is 45.8 Å². The second-order valence-corrected chi connectivity index (χ2v) is 7.36. The Morgan fingerprint density at radius 2 is 2.21 bits per heavy atom. The number of nitrogens with one attached hydrogen (secondary N) is 1. The van der Waals surface area contributed by atoms with Crippen molar-refractivity contribution in [3.63, 3.8) is 0 Å². The third-order valence-corrected chi connectivity index (χ3v) is 5.51. The van der Waals surface area contributed by atoms with Gasteiger partial charge in [0.2, 0.25) is 11.7 Å². The first-order valence-corrected chi connectivity index (χ1v) is 9.29. The van der Waals surface area contributed by atoms with Gasteiger partial charge in [-0.15, -0.1) is 16.4 Å². The van der Waals surface area contributed by atoms with Gasteiger partial charge in [-0.25, -0.2) is 10.1 Å². The summed E-state index contributed by atoms with van der Waals surface area (Å²) in [6.45, 7) is 0.640. The number of hydrogen-bond donors (Lipinski definition) is 1. The minimum absolute atomic E-state index is 0.0778. The average Bonchev–Trinajstić information content (AvgIpc) is 3.29. The maximum atomic E-state index is 12.3. The van der Waals surface area contributed by atoms with Crippen LogP contribution in [0.5, 0.6) is 0 Å². The van der Waals surface area contributed by atoms with E-state index < -0.39 is 0 Å². The second kappa shape index (κ2) is 6.29. The van der Waals surface area contributed by atoms with E-state index in [1.54, 1.807) is 16.2 Å². The SMILES string of the molecule is CN(Cc1cccs1)C(=O)CSc1n[nH]c2nc3ccccc3n12. The van der Waals surface area contributed by atoms with Crippen molar-refractivity contribution in [3.8, 4) is 0 Å². The monoisotopic (exact) mass is 357 g/mol. The summed E-state index contributed by atoms with van der Waals surface area (Å²) in [4.78, 5) is 19.8. The highest BCUT2D eigenvalue weighted by molar-refractivity contribution is 7.99. The molecule has 8 heteroatoms. The van der Waals surface area contributed by atoms with Crippen molar-refractivity contribution in [2.75, 3.05) is 12.8 Å². The van der Waals surface area contributed by atoms with Gasteiger partial charge in [0.15, 0.2) is 5.16 Å². The lowest BCUT2D eigenvalue weighted by atomic mass is 10.3. The number of imidazole rings is 1. The molecule has 0 aliphatic carbocycles. The van der Waals surface area contributed by atoms with Gasteiger partial charge < -0.3 is 4.90 Å². The fourth-order valence-electron chi connectivity index (χ4n) is 2.50. The highest BCUT2D eigenvalue weighted by atomic mass is 32.2. The molecule has 4 aromatic rings. The molecule has 0 saturated carbocycles. The fourth-order valence-corrected chi connectivity index (χ4v) is 4.15. The van der Waals surface area contributed by atoms with Crippen LogP contribution in [0, 0.1) is 0 Å². The molecule has 122 valence electrons. The van der Waals surface area contributed by atoms with Gasteiger partial charge in [-0.2, -0.15) is 0 Å². The summed E-state index contributed by atoms with van der Waals surface area (Å²) in [6, 6.07) is 11.9. The lowest BCUT2D eigenvalue weighted by Crippen LogP contribution is -2.27. The highest BCUT2D eigenvalue weighted by Gasteiger charge is 2.15. The molecule has 3 aromatic heterocycles. The van der Waals surface area contributed by atoms with Gasteiger partial charge in [-0.3, -0.25) is 9.20 Å². The number of aromatic amines is 1. The van der Waals surface area contributed by atoms with Crippen LogP contribution in [0.2, 0.25) is 0 Å². The minimum atomic E-state index is 0.0778. The van der Waals surface area contributed by atoms with Gasteiger partial charge in [0, 0.05) is 11.9 Å². The summed E-state index contributed by atoms with van der Waals surface area (Å²) >= 11 is 3.08. The third kappa shape index (κ3) is 2.78. The first kappa shape index (κ1) is 15.2. The third-order valence-electron chi connectivity index (χ3n) is 3.73. The molecular formula is C16H15N5OS2. The van der Waals surface area contributed by atoms with Crippen molar-refractivity contribution in [1.82, 2.24) is 24.5 Å². The van der Waals surface area contributed by atoms with Gasteiger partial charge in [0.1, 0.15) is 0 Å². The molecule has 0 aliphatic heterocycles. The minimum Gasteiger partial charge on any atom is -0.340 e. The van der Waals surface area contributed by atoms with Crippen LogP contribution in [0.15, 0.2) is 46.9 Å². The van der Waals surface area contributed by atoms with Crippen LogP contribution < -0.4 is 0 Å². The second-order valence-electron chi connectivity index (χ2n) is 5.38. The molecule has 0 unspecified atom stereocenters. The molecule has 0 fully saturated rings. The number of hydrogen-bond acceptors (Lipinski definition) is 5. The molecule has 1 aromatic carbocycles. The van der Waals surface area contributed by atoms with Gasteiger partial charge in [0.25, 0.3) is 0 Å². The van der Waals surface area contributed by atoms with Crippen molar-refractivity contribution in [3.05, 3.63) is 46.7 Å². The number of rotatable bonds is 5. The maximum absolute atomic E-state index is 12.3. The van der Waals surface area contributed by atoms with Crippen LogP contribution in [-0.4, -0.2) is 43.2 Å². The van der Waals surface area contributed by atoms with E-state index in [1.165, 1.54) is 16.6 Å². The van der Waals surface area contributed by atoms with Crippen LogP contribution in [0.25, 0.3) is 16.8 Å². The Balaban J connectivity index is 1.49. The van der Waals surface area contributed by atoms with E-state index in [4.69, 9.17) is 0 Å². The quantitative estimate of drug-likeness (QED) is 0.558. The maximum Gasteiger partial charge on any atom is 0.233 e. The number of amides is 1. The molecule has 1 N–H and O–H groups in total. The van der Waals surface area contributed by atoms with E-state index in [2.05, 4.69) is 15.2 Å². The summed E-state index contributed by atoms with van der Waals surface area (Å²) in [7, 11) is 1.83. The van der Waals surface area contributed by atoms with E-state index >= 15 is 0 Å². The molecule has 0 radical (unpaired) electrons. The number of thioether (sulfide) groups is 1. The zero-order chi connectivity index (χ0) is 16.5. The molecule has 0 aliphatic rings. The van der Waals surface area contributed by atoms with E-state index in [-0.39, 0.29) is 5.91 Å². The van der Waals surface area contributed by atoms with Crippen molar-refractivity contribution in [2.24, 2.45) is 0 Å². The molecule has 3 heterocycles. The number of fused-ring (bicyclic) bond motifs is 3. The first-order valence-electron chi connectivity index (χ1n) is 7.43. The summed E-state index contributed by atoms with van der Waals surface area (Å²) in [5, 5.41) is 9.97. The number of thiophene rings is 1. The molecule has 0 spiro atoms. The van der Waals surface area contributed by atoms with Crippen LogP contribution in [0.4, 0.5) is 0 Å². The van der Waals surface area contributed by atoms with Crippen LogP contribution in [0.1, 0.15) is 4.88 Å². The Kier molecular flexibility index (Phi) is 3.99. The lowest BCUT2D eigenvalue weighted by Gasteiger charge is -2.15. The molecule has 0 atom stereocenters. The molecule has 0 saturated heterocycles. The van der Waals surface area contributed by atoms with Gasteiger partial charge in [0.05, 0.1) is 23.3 Å². The molecule has 0 bridgehead atoms. The summed E-state index contributed by atoms with van der Waals surface area (Å²) < 4.78 is 1.95. The van der Waals surface area contributed by atoms with Crippen molar-refractivity contribution < 1.29 is 4.79 Å². The Bertz CT molecular complexity index is 989. The number of nitrogens with zero attached hydrogens (tertiary/aromatic N) is 4. The number of H-pyrrole nitrogens is 1. The molecule has 4 rings (SSSR count). The Labute approximate surface area is 146 Å². The predicted octanol–water partition coefficient (Wildman–Crippen LogP) is 3.02. The molecule has 24 heavy (non-hydrogen) atoms. The molecule has 6 nitrogen and oxygen atoms in total. The number of carbonyl (C=O) groups excluding carboxylic acids is 1. The normalized spacial score (nSPS) is 11.4. The van der Waals surface area contributed by atoms with E-state index in [1.807, 2.05) is 53.2 Å². The largest absolute Gasteiger partial charge is 0.340 e. The van der Waals surface area contributed by atoms with Gasteiger partial charge in [-0.1, -0.05) is 30.0 Å². The van der Waals surface area contributed by atoms with Crippen LogP contribution in [-0.2, 0) is 11.3 Å². The number of carbonyl (C=O) groups is 1. The zero-order valence-electron chi connectivity index (χ0n) is 13.0. The predicted molar refractivity (Wildman–Crippen MR) is 96.4 cm³/mol. The van der Waals surface area contributed by atoms with E-state index in [9.17, 15) is 4.79 Å². The zero-order valence-corrected chi connectivity index (χ0v) is 14.6. The number of benzene rings is 1. The standard InChI is InChI=1S/C16H15N5OS2/c1-20(9-11-5-4-8-23-11)14(22)10-24-16-19-18-15-17-12-6-2-3-7-13(12)21(15)16/h2-8H,9-10H2,1H3,(H,17,18). The number of para-hydroxylation sites is 2. The molecular weight excluding hydrogens is 342 g/mol. The Morgan fingerprint density at radius 1 is 1.33 bits per heavy atom. The summed E-state index contributed by atoms with van der Waals surface area (Å²) in [5.41, 5.74) is 1.90. The van der Waals surface area contributed by atoms with E-state index in [0.717, 1.165) is 16.2 Å². The fraction of sp³-hybridized carbons (Fsp3) is 0.188. The van der Waals surface area contributed by atoms with Crippen LogP contribution in [0.3, 0.4) is 0 Å². The average molecular weight is 357 g/mol. The Hall–Kier alpha value is -2.32. The highest BCUT2D eigenvalue weighted by Crippen LogP contribution is 2.23. The smallest absolute Gasteiger partial charge is 0.233 e. The topological polar surface area (TPSA) is 66.3 Å². The number of aromatic nitrogens is 4. The van der Waals surface area contributed by atoms with Crippen LogP contribution >= 0.6 is 23.1 Å². The van der Waals surface area contributed by atoms with E-state index in [0.29, 0.717) is 18.1 Å².